The van der Waals surface area contributed by atoms with Crippen LogP contribution in [-0.2, 0) is 0 Å². The van der Waals surface area contributed by atoms with Gasteiger partial charge in [0, 0.05) is 12.1 Å². The van der Waals surface area contributed by atoms with E-state index in [0.717, 1.165) is 12.1 Å². The van der Waals surface area contributed by atoms with Gasteiger partial charge in [0.15, 0.2) is 11.6 Å². The van der Waals surface area contributed by atoms with E-state index in [1.807, 2.05) is 5.43 Å². The third kappa shape index (κ3) is 4.39. The summed E-state index contributed by atoms with van der Waals surface area (Å²) in [6.07, 6.45) is 0. The Morgan fingerprint density at radius 2 is 1.62 bits per heavy atom. The molecule has 6 heteroatoms. The maximum Gasteiger partial charge on any atom is 0.251 e. The van der Waals surface area contributed by atoms with Crippen LogP contribution in [0.3, 0.4) is 0 Å². The summed E-state index contributed by atoms with van der Waals surface area (Å²) < 4.78 is 27.1. The lowest BCUT2D eigenvalue weighted by atomic mass is 9.85. The molecule has 1 aromatic rings. The van der Waals surface area contributed by atoms with Crippen molar-refractivity contribution < 1.29 is 13.6 Å². The van der Waals surface area contributed by atoms with Crippen LogP contribution in [0, 0.1) is 29.4 Å². The molecule has 4 N–H and O–H groups in total. The van der Waals surface area contributed by atoms with E-state index in [1.54, 1.807) is 0 Å². The second-order valence-electron chi connectivity index (χ2n) is 5.82. The fourth-order valence-electron chi connectivity index (χ4n) is 2.40. The largest absolute Gasteiger partial charge is 0.352 e. The highest BCUT2D eigenvalue weighted by molar-refractivity contribution is 5.94. The molecule has 0 atom stereocenters. The zero-order valence-corrected chi connectivity index (χ0v) is 12.8. The van der Waals surface area contributed by atoms with Crippen LogP contribution in [0.5, 0.6) is 0 Å². The summed E-state index contributed by atoms with van der Waals surface area (Å²) in [5.74, 6) is 3.83. The summed E-state index contributed by atoms with van der Waals surface area (Å²) in [6.45, 7) is 8.79. The second kappa shape index (κ2) is 7.36. The molecule has 0 saturated heterocycles. The highest BCUT2D eigenvalue weighted by Crippen LogP contribution is 2.21. The monoisotopic (exact) mass is 299 g/mol. The smallest absolute Gasteiger partial charge is 0.251 e. The summed E-state index contributed by atoms with van der Waals surface area (Å²) in [5.41, 5.74) is 1.42. The topological polar surface area (TPSA) is 67.2 Å². The number of hydrogen-bond acceptors (Lipinski definition) is 3. The van der Waals surface area contributed by atoms with Gasteiger partial charge in [-0.05, 0) is 29.9 Å². The predicted molar refractivity (Wildman–Crippen MR) is 79.7 cm³/mol. The number of anilines is 1. The summed E-state index contributed by atoms with van der Waals surface area (Å²) >= 11 is 0. The number of amides is 1. The van der Waals surface area contributed by atoms with Gasteiger partial charge in [0.05, 0.1) is 0 Å². The molecule has 1 amide bonds. The van der Waals surface area contributed by atoms with Crippen molar-refractivity contribution in [2.24, 2.45) is 23.6 Å². The molecule has 0 saturated carbocycles. The van der Waals surface area contributed by atoms with Gasteiger partial charge in [0.1, 0.15) is 5.69 Å². The lowest BCUT2D eigenvalue weighted by molar-refractivity contribution is 0.0936. The molecule has 0 unspecified atom stereocenters. The average molecular weight is 299 g/mol. The Bertz CT molecular complexity index is 473. The second-order valence-corrected chi connectivity index (χ2v) is 5.82. The highest BCUT2D eigenvalue weighted by Gasteiger charge is 2.20. The number of halogens is 2. The molecule has 0 bridgehead atoms. The van der Waals surface area contributed by atoms with Crippen molar-refractivity contribution in [3.05, 3.63) is 29.3 Å². The van der Waals surface area contributed by atoms with Crippen molar-refractivity contribution >= 4 is 11.6 Å². The van der Waals surface area contributed by atoms with Crippen LogP contribution >= 0.6 is 0 Å². The van der Waals surface area contributed by atoms with Gasteiger partial charge in [-0.25, -0.2) is 8.78 Å². The Kier molecular flexibility index (Phi) is 6.08. The summed E-state index contributed by atoms with van der Waals surface area (Å²) in [4.78, 5) is 12.0. The van der Waals surface area contributed by atoms with Gasteiger partial charge >= 0.3 is 0 Å². The van der Waals surface area contributed by atoms with Crippen LogP contribution in [0.4, 0.5) is 14.5 Å². The summed E-state index contributed by atoms with van der Waals surface area (Å²) in [6, 6.07) is 1.93. The highest BCUT2D eigenvalue weighted by atomic mass is 19.1. The van der Waals surface area contributed by atoms with Gasteiger partial charge < -0.3 is 10.7 Å². The summed E-state index contributed by atoms with van der Waals surface area (Å²) in [5, 5.41) is 2.73. The summed E-state index contributed by atoms with van der Waals surface area (Å²) in [7, 11) is 0. The molecule has 0 aliphatic rings. The van der Waals surface area contributed by atoms with Gasteiger partial charge in [-0.15, -0.1) is 0 Å². The molecule has 1 rings (SSSR count). The van der Waals surface area contributed by atoms with Crippen LogP contribution in [-0.4, -0.2) is 12.5 Å². The predicted octanol–water partition coefficient (Wildman–Crippen LogP) is 2.91. The Labute approximate surface area is 124 Å². The number of benzene rings is 1. The number of carbonyl (C=O) groups is 1. The first-order valence-corrected chi connectivity index (χ1v) is 7.01. The lowest BCUT2D eigenvalue weighted by Crippen LogP contribution is -2.34. The van der Waals surface area contributed by atoms with Crippen LogP contribution in [0.25, 0.3) is 0 Å². The standard InChI is InChI=1S/C15H23F2N3O/c1-8(2)11(9(3)4)7-19-15(21)10-5-12(16)14(20-18)13(17)6-10/h5-6,8-9,11,20H,7,18H2,1-4H3,(H,19,21). The molecule has 118 valence electrons. The zero-order valence-electron chi connectivity index (χ0n) is 12.8. The number of nitrogens with one attached hydrogen (secondary N) is 2. The number of nitrogen functional groups attached to an aromatic ring is 1. The molecule has 0 radical (unpaired) electrons. The first-order valence-electron chi connectivity index (χ1n) is 7.01. The van der Waals surface area contributed by atoms with E-state index in [0.29, 0.717) is 24.3 Å². The van der Waals surface area contributed by atoms with Gasteiger partial charge in [0.25, 0.3) is 5.91 Å². The van der Waals surface area contributed by atoms with Crippen LogP contribution in [0.15, 0.2) is 12.1 Å². The number of carbonyl (C=O) groups excluding carboxylic acids is 1. The molecule has 0 spiro atoms. The van der Waals surface area contributed by atoms with E-state index in [-0.39, 0.29) is 5.56 Å². The molecule has 0 aliphatic carbocycles. The third-order valence-corrected chi connectivity index (χ3v) is 3.66. The van der Waals surface area contributed by atoms with Crippen LogP contribution in [0.1, 0.15) is 38.1 Å². The Balaban J connectivity index is 2.81. The SMILES string of the molecule is CC(C)C(CNC(=O)c1cc(F)c(NN)c(F)c1)C(C)C. The third-order valence-electron chi connectivity index (χ3n) is 3.66. The fraction of sp³-hybridized carbons (Fsp3) is 0.533. The molecular formula is C15H23F2N3O. The van der Waals surface area contributed by atoms with E-state index in [9.17, 15) is 13.6 Å². The number of hydrogen-bond donors (Lipinski definition) is 3. The quantitative estimate of drug-likeness (QED) is 0.559. The van der Waals surface area contributed by atoms with E-state index in [4.69, 9.17) is 5.84 Å². The molecule has 0 fully saturated rings. The molecule has 0 heterocycles. The van der Waals surface area contributed by atoms with Crippen molar-refractivity contribution in [1.29, 1.82) is 0 Å². The first-order chi connectivity index (χ1) is 9.77. The van der Waals surface area contributed by atoms with Crippen LogP contribution < -0.4 is 16.6 Å². The van der Waals surface area contributed by atoms with Gasteiger partial charge in [-0.3, -0.25) is 10.6 Å². The van der Waals surface area contributed by atoms with Gasteiger partial charge in [-0.2, -0.15) is 0 Å². The molecule has 0 aliphatic heterocycles. The van der Waals surface area contributed by atoms with Crippen LogP contribution in [0.2, 0.25) is 0 Å². The van der Waals surface area contributed by atoms with Crippen molar-refractivity contribution in [3.63, 3.8) is 0 Å². The van der Waals surface area contributed by atoms with Crippen molar-refractivity contribution in [2.45, 2.75) is 27.7 Å². The van der Waals surface area contributed by atoms with Gasteiger partial charge in [0.2, 0.25) is 0 Å². The first kappa shape index (κ1) is 17.4. The Morgan fingerprint density at radius 1 is 1.14 bits per heavy atom. The molecule has 0 aromatic heterocycles. The Morgan fingerprint density at radius 3 is 2.00 bits per heavy atom. The lowest BCUT2D eigenvalue weighted by Gasteiger charge is -2.25. The zero-order chi connectivity index (χ0) is 16.2. The molecular weight excluding hydrogens is 276 g/mol. The normalized spacial score (nSPS) is 11.3. The minimum Gasteiger partial charge on any atom is -0.352 e. The number of hydrazine groups is 1. The molecule has 1 aromatic carbocycles. The van der Waals surface area contributed by atoms with Crippen molar-refractivity contribution in [2.75, 3.05) is 12.0 Å². The minimum atomic E-state index is -0.896. The van der Waals surface area contributed by atoms with E-state index < -0.39 is 23.2 Å². The van der Waals surface area contributed by atoms with Crippen molar-refractivity contribution in [3.8, 4) is 0 Å². The number of nitrogens with two attached hydrogens (primary N) is 1. The van der Waals surface area contributed by atoms with E-state index >= 15 is 0 Å². The Hall–Kier alpha value is -1.69. The maximum absolute atomic E-state index is 13.6. The van der Waals surface area contributed by atoms with E-state index in [1.165, 1.54) is 0 Å². The maximum atomic E-state index is 13.6. The number of rotatable bonds is 6. The molecule has 21 heavy (non-hydrogen) atoms. The fourth-order valence-corrected chi connectivity index (χ4v) is 2.40. The molecule has 4 nitrogen and oxygen atoms in total. The van der Waals surface area contributed by atoms with Gasteiger partial charge in [-0.1, -0.05) is 27.7 Å². The average Bonchev–Trinajstić information content (AvgIpc) is 2.37. The van der Waals surface area contributed by atoms with Crippen molar-refractivity contribution in [1.82, 2.24) is 5.32 Å². The van der Waals surface area contributed by atoms with E-state index in [2.05, 4.69) is 33.0 Å². The minimum absolute atomic E-state index is 0.0599.